The number of hydrogen-bond acceptors (Lipinski definition) is 3. The van der Waals surface area contributed by atoms with Crippen molar-refractivity contribution in [3.8, 4) is 0 Å². The van der Waals surface area contributed by atoms with E-state index < -0.39 is 12.1 Å². The number of alkyl carbamates (subject to hydrolysis) is 1. The van der Waals surface area contributed by atoms with Gasteiger partial charge < -0.3 is 10.1 Å². The van der Waals surface area contributed by atoms with Crippen LogP contribution in [-0.4, -0.2) is 25.0 Å². The standard InChI is InChI=1S/C10H17NO3.H2/c1-5-6-8(9(12)7(2)3)11-10(13)14-4;/h5,7-8H,1,6H2,2-4H3,(H,11,13);1H/t8-;/m0./s1. The summed E-state index contributed by atoms with van der Waals surface area (Å²) < 4.78 is 4.42. The van der Waals surface area contributed by atoms with E-state index in [1.807, 2.05) is 0 Å². The Balaban J connectivity index is 0. The van der Waals surface area contributed by atoms with Gasteiger partial charge in [0.2, 0.25) is 0 Å². The Hall–Kier alpha value is -1.32. The Morgan fingerprint density at radius 3 is 2.50 bits per heavy atom. The fourth-order valence-corrected chi connectivity index (χ4v) is 1.02. The van der Waals surface area contributed by atoms with Gasteiger partial charge in [-0.15, -0.1) is 6.58 Å². The summed E-state index contributed by atoms with van der Waals surface area (Å²) in [5.74, 6) is -0.132. The summed E-state index contributed by atoms with van der Waals surface area (Å²) in [7, 11) is 1.26. The van der Waals surface area contributed by atoms with Crippen LogP contribution in [0.25, 0.3) is 0 Å². The summed E-state index contributed by atoms with van der Waals surface area (Å²) in [4.78, 5) is 22.5. The van der Waals surface area contributed by atoms with E-state index in [0.717, 1.165) is 0 Å². The molecule has 82 valence electrons. The summed E-state index contributed by atoms with van der Waals surface area (Å²) in [6, 6.07) is -0.528. The third-order valence-corrected chi connectivity index (χ3v) is 1.79. The number of methoxy groups -OCH3 is 1. The first kappa shape index (κ1) is 12.7. The van der Waals surface area contributed by atoms with Crippen molar-refractivity contribution in [3.63, 3.8) is 0 Å². The zero-order chi connectivity index (χ0) is 11.1. The largest absolute Gasteiger partial charge is 0.453 e. The fourth-order valence-electron chi connectivity index (χ4n) is 1.02. The molecule has 0 saturated carbocycles. The topological polar surface area (TPSA) is 55.4 Å². The number of hydrogen-bond donors (Lipinski definition) is 1. The van der Waals surface area contributed by atoms with Gasteiger partial charge in [0.05, 0.1) is 13.2 Å². The van der Waals surface area contributed by atoms with Gasteiger partial charge in [-0.2, -0.15) is 0 Å². The summed E-state index contributed by atoms with van der Waals surface area (Å²) in [6.07, 6.45) is 1.43. The number of Topliss-reactive ketones (excluding diaryl/α,β-unsaturated/α-hetero) is 1. The van der Waals surface area contributed by atoms with Crippen molar-refractivity contribution >= 4 is 11.9 Å². The minimum absolute atomic E-state index is 0. The zero-order valence-electron chi connectivity index (χ0n) is 8.87. The predicted octanol–water partition coefficient (Wildman–Crippen LogP) is 1.76. The van der Waals surface area contributed by atoms with E-state index in [0.29, 0.717) is 6.42 Å². The minimum Gasteiger partial charge on any atom is -0.453 e. The van der Waals surface area contributed by atoms with E-state index in [9.17, 15) is 9.59 Å². The van der Waals surface area contributed by atoms with Crippen LogP contribution in [0.5, 0.6) is 0 Å². The van der Waals surface area contributed by atoms with Crippen LogP contribution in [0, 0.1) is 5.92 Å². The summed E-state index contributed by atoms with van der Waals surface area (Å²) >= 11 is 0. The lowest BCUT2D eigenvalue weighted by Crippen LogP contribution is -2.42. The molecular weight excluding hydrogens is 182 g/mol. The van der Waals surface area contributed by atoms with Crippen molar-refractivity contribution in [2.24, 2.45) is 5.92 Å². The number of ether oxygens (including phenoxy) is 1. The zero-order valence-corrected chi connectivity index (χ0v) is 8.87. The van der Waals surface area contributed by atoms with E-state index in [1.54, 1.807) is 19.9 Å². The summed E-state index contributed by atoms with van der Waals surface area (Å²) in [5.41, 5.74) is 0. The smallest absolute Gasteiger partial charge is 0.407 e. The molecule has 0 aliphatic heterocycles. The molecule has 14 heavy (non-hydrogen) atoms. The van der Waals surface area contributed by atoms with E-state index in [4.69, 9.17) is 0 Å². The summed E-state index contributed by atoms with van der Waals surface area (Å²) in [6.45, 7) is 7.11. The molecule has 1 atom stereocenters. The summed E-state index contributed by atoms with van der Waals surface area (Å²) in [5, 5.41) is 2.47. The van der Waals surface area contributed by atoms with Gasteiger partial charge in [0, 0.05) is 7.34 Å². The molecule has 0 unspecified atom stereocenters. The van der Waals surface area contributed by atoms with Crippen LogP contribution in [0.3, 0.4) is 0 Å². The third kappa shape index (κ3) is 4.07. The molecule has 0 radical (unpaired) electrons. The molecule has 0 saturated heterocycles. The maximum absolute atomic E-state index is 11.6. The lowest BCUT2D eigenvalue weighted by atomic mass is 9.99. The van der Waals surface area contributed by atoms with Gasteiger partial charge >= 0.3 is 6.09 Å². The second-order valence-electron chi connectivity index (χ2n) is 3.27. The molecule has 1 N–H and O–H groups in total. The van der Waals surface area contributed by atoms with E-state index in [1.165, 1.54) is 7.11 Å². The number of ketones is 1. The molecule has 0 bridgehead atoms. The molecule has 0 heterocycles. The predicted molar refractivity (Wildman–Crippen MR) is 56.1 cm³/mol. The monoisotopic (exact) mass is 201 g/mol. The fraction of sp³-hybridized carbons (Fsp3) is 0.600. The molecule has 0 spiro atoms. The first-order chi connectivity index (χ1) is 6.52. The highest BCUT2D eigenvalue weighted by molar-refractivity contribution is 5.88. The average Bonchev–Trinajstić information content (AvgIpc) is 2.15. The van der Waals surface area contributed by atoms with Crippen LogP contribution in [0.1, 0.15) is 21.7 Å². The van der Waals surface area contributed by atoms with Crippen molar-refractivity contribution in [1.29, 1.82) is 0 Å². The maximum atomic E-state index is 11.6. The van der Waals surface area contributed by atoms with Gasteiger partial charge in [-0.05, 0) is 6.42 Å². The second-order valence-corrected chi connectivity index (χ2v) is 3.27. The first-order valence-corrected chi connectivity index (χ1v) is 4.52. The van der Waals surface area contributed by atoms with Gasteiger partial charge in [0.15, 0.2) is 5.78 Å². The lowest BCUT2D eigenvalue weighted by Gasteiger charge is -2.16. The maximum Gasteiger partial charge on any atom is 0.407 e. The number of amides is 1. The first-order valence-electron chi connectivity index (χ1n) is 4.52. The second kappa shape index (κ2) is 6.18. The normalized spacial score (nSPS) is 12.0. The highest BCUT2D eigenvalue weighted by Gasteiger charge is 2.21. The molecule has 0 aromatic heterocycles. The molecule has 4 heteroatoms. The molecule has 0 aromatic carbocycles. The molecule has 1 amide bonds. The van der Waals surface area contributed by atoms with Gasteiger partial charge in [-0.25, -0.2) is 4.79 Å². The van der Waals surface area contributed by atoms with Crippen LogP contribution >= 0.6 is 0 Å². The van der Waals surface area contributed by atoms with E-state index in [-0.39, 0.29) is 13.1 Å². The number of rotatable bonds is 5. The Morgan fingerprint density at radius 1 is 1.57 bits per heavy atom. The molecular formula is C10H19NO3. The molecule has 0 rings (SSSR count). The van der Waals surface area contributed by atoms with Crippen LogP contribution in [0.2, 0.25) is 0 Å². The number of nitrogens with one attached hydrogen (secondary N) is 1. The average molecular weight is 201 g/mol. The quantitative estimate of drug-likeness (QED) is 0.689. The van der Waals surface area contributed by atoms with Crippen molar-refractivity contribution < 1.29 is 15.8 Å². The van der Waals surface area contributed by atoms with Crippen LogP contribution < -0.4 is 5.32 Å². The van der Waals surface area contributed by atoms with E-state index in [2.05, 4.69) is 16.6 Å². The van der Waals surface area contributed by atoms with Crippen molar-refractivity contribution in [2.75, 3.05) is 7.11 Å². The molecule has 0 aromatic rings. The Kier molecular flexibility index (Phi) is 5.60. The SMILES string of the molecule is C=CC[C@H](NC(=O)OC)C(=O)C(C)C.[HH]. The van der Waals surface area contributed by atoms with Crippen LogP contribution in [0.4, 0.5) is 4.79 Å². The van der Waals surface area contributed by atoms with Crippen molar-refractivity contribution in [3.05, 3.63) is 12.7 Å². The number of carbonyl (C=O) groups is 2. The number of carbonyl (C=O) groups excluding carboxylic acids is 2. The third-order valence-electron chi connectivity index (χ3n) is 1.79. The van der Waals surface area contributed by atoms with E-state index >= 15 is 0 Å². The molecule has 0 aliphatic carbocycles. The Labute approximate surface area is 85.8 Å². The van der Waals surface area contributed by atoms with Crippen LogP contribution in [-0.2, 0) is 9.53 Å². The van der Waals surface area contributed by atoms with Gasteiger partial charge in [-0.1, -0.05) is 19.9 Å². The molecule has 4 nitrogen and oxygen atoms in total. The Morgan fingerprint density at radius 2 is 2.14 bits per heavy atom. The highest BCUT2D eigenvalue weighted by Crippen LogP contribution is 2.04. The molecule has 0 fully saturated rings. The van der Waals surface area contributed by atoms with Crippen molar-refractivity contribution in [1.82, 2.24) is 5.32 Å². The highest BCUT2D eigenvalue weighted by atomic mass is 16.5. The van der Waals surface area contributed by atoms with Gasteiger partial charge in [0.1, 0.15) is 0 Å². The Bertz CT molecular complexity index is 229. The minimum atomic E-state index is -0.592. The van der Waals surface area contributed by atoms with Gasteiger partial charge in [0.25, 0.3) is 0 Å². The van der Waals surface area contributed by atoms with Crippen LogP contribution in [0.15, 0.2) is 12.7 Å². The van der Waals surface area contributed by atoms with Gasteiger partial charge in [-0.3, -0.25) is 4.79 Å². The molecule has 0 aliphatic rings. The lowest BCUT2D eigenvalue weighted by molar-refractivity contribution is -0.123. The van der Waals surface area contributed by atoms with Crippen molar-refractivity contribution in [2.45, 2.75) is 26.3 Å².